The van der Waals surface area contributed by atoms with Gasteiger partial charge in [-0.05, 0) is 42.3 Å². The maximum Gasteiger partial charge on any atom is 0.416 e. The van der Waals surface area contributed by atoms with Gasteiger partial charge in [0.25, 0.3) is 11.8 Å². The quantitative estimate of drug-likeness (QED) is 0.395. The Hall–Kier alpha value is -2.64. The second-order valence-electron chi connectivity index (χ2n) is 10.4. The number of piperazine rings is 1. The highest BCUT2D eigenvalue weighted by Crippen LogP contribution is 2.37. The van der Waals surface area contributed by atoms with E-state index in [0.717, 1.165) is 0 Å². The second-order valence-corrected chi connectivity index (χ2v) is 10.8. The molecule has 0 radical (unpaired) electrons. The van der Waals surface area contributed by atoms with E-state index in [-0.39, 0.29) is 68.8 Å². The van der Waals surface area contributed by atoms with Crippen LogP contribution < -0.4 is 0 Å². The van der Waals surface area contributed by atoms with E-state index in [1.165, 1.54) is 17.0 Å². The number of benzene rings is 2. The van der Waals surface area contributed by atoms with E-state index in [9.17, 15) is 45.0 Å². The molecular formula is C27H28ClF8N3O2. The van der Waals surface area contributed by atoms with Crippen LogP contribution in [0.15, 0.2) is 36.4 Å². The molecule has 2 heterocycles. The van der Waals surface area contributed by atoms with Crippen LogP contribution in [-0.2, 0) is 18.8 Å². The van der Waals surface area contributed by atoms with Crippen molar-refractivity contribution in [3.05, 3.63) is 63.7 Å². The van der Waals surface area contributed by atoms with Crippen molar-refractivity contribution in [1.29, 1.82) is 0 Å². The normalized spacial score (nSPS) is 20.8. The number of alkyl halides is 8. The number of hydrogen-bond acceptors (Lipinski definition) is 4. The molecule has 5 nitrogen and oxygen atoms in total. The molecule has 2 aromatic carbocycles. The van der Waals surface area contributed by atoms with Crippen molar-refractivity contribution >= 4 is 17.5 Å². The SMILES string of the molecule is O=C(c1cc(C(F)(F)F)cc(C(F)(F)F)c1)N1CCN(CCN2CCC(F)(F)CC2)C[C@H]1Cc1ccc(Cl)c(O)c1. The van der Waals surface area contributed by atoms with Crippen LogP contribution in [0, 0.1) is 0 Å². The number of amides is 1. The zero-order valence-corrected chi connectivity index (χ0v) is 22.5. The van der Waals surface area contributed by atoms with Gasteiger partial charge in [0.15, 0.2) is 0 Å². The zero-order chi connectivity index (χ0) is 30.2. The number of likely N-dealkylation sites (tertiary alicyclic amines) is 1. The van der Waals surface area contributed by atoms with Crippen molar-refractivity contribution in [3.8, 4) is 5.75 Å². The third kappa shape index (κ3) is 8.01. The van der Waals surface area contributed by atoms with Gasteiger partial charge in [-0.2, -0.15) is 26.3 Å². The van der Waals surface area contributed by atoms with E-state index in [4.69, 9.17) is 11.6 Å². The van der Waals surface area contributed by atoms with Gasteiger partial charge in [-0.3, -0.25) is 9.69 Å². The summed E-state index contributed by atoms with van der Waals surface area (Å²) in [5.74, 6) is -3.89. The molecule has 226 valence electrons. The molecule has 1 amide bonds. The predicted molar refractivity (Wildman–Crippen MR) is 135 cm³/mol. The van der Waals surface area contributed by atoms with Gasteiger partial charge in [0.2, 0.25) is 0 Å². The minimum absolute atomic E-state index is 0.0126. The van der Waals surface area contributed by atoms with Crippen LogP contribution in [0.2, 0.25) is 5.02 Å². The highest BCUT2D eigenvalue weighted by atomic mass is 35.5. The fraction of sp³-hybridized carbons (Fsp3) is 0.519. The standard InChI is InChI=1S/C27H28ClF8N3O2/c28-22-2-1-17(12-23(22)40)11-21-16-38(8-7-37-5-3-25(29,30)4-6-37)9-10-39(21)24(41)18-13-19(26(31,32)33)15-20(14-18)27(34,35)36/h1-2,12-15,21,40H,3-11,16H2/t21-/m1/s1. The number of carbonyl (C=O) groups is 1. The van der Waals surface area contributed by atoms with E-state index in [2.05, 4.69) is 0 Å². The van der Waals surface area contributed by atoms with Crippen molar-refractivity contribution in [3.63, 3.8) is 0 Å². The first kappa shape index (κ1) is 31.3. The van der Waals surface area contributed by atoms with Crippen LogP contribution in [0.1, 0.15) is 39.9 Å². The summed E-state index contributed by atoms with van der Waals surface area (Å²) in [6.07, 6.45) is -10.6. The highest BCUT2D eigenvalue weighted by molar-refractivity contribution is 6.32. The summed E-state index contributed by atoms with van der Waals surface area (Å²) in [4.78, 5) is 18.6. The van der Waals surface area contributed by atoms with Crippen LogP contribution >= 0.6 is 11.6 Å². The van der Waals surface area contributed by atoms with Gasteiger partial charge < -0.3 is 14.9 Å². The summed E-state index contributed by atoms with van der Waals surface area (Å²) in [5, 5.41) is 10.1. The van der Waals surface area contributed by atoms with Crippen molar-refractivity contribution in [2.45, 2.75) is 43.6 Å². The molecule has 1 atom stereocenters. The molecule has 0 bridgehead atoms. The Morgan fingerprint density at radius 1 is 0.878 bits per heavy atom. The van der Waals surface area contributed by atoms with E-state index in [0.29, 0.717) is 30.8 Å². The van der Waals surface area contributed by atoms with Gasteiger partial charge in [0.1, 0.15) is 5.75 Å². The molecule has 14 heteroatoms. The lowest BCUT2D eigenvalue weighted by atomic mass is 9.99. The summed E-state index contributed by atoms with van der Waals surface area (Å²) in [6.45, 7) is 1.94. The Kier molecular flexibility index (Phi) is 9.10. The van der Waals surface area contributed by atoms with Gasteiger partial charge >= 0.3 is 12.4 Å². The summed E-state index contributed by atoms with van der Waals surface area (Å²) < 4.78 is 108. The predicted octanol–water partition coefficient (Wildman–Crippen LogP) is 6.18. The molecule has 2 aliphatic heterocycles. The lowest BCUT2D eigenvalue weighted by molar-refractivity contribution is -0.143. The number of carbonyl (C=O) groups excluding carboxylic acids is 1. The first-order valence-corrected chi connectivity index (χ1v) is 13.3. The van der Waals surface area contributed by atoms with E-state index < -0.39 is 46.9 Å². The van der Waals surface area contributed by atoms with Crippen molar-refractivity contribution in [2.24, 2.45) is 0 Å². The van der Waals surface area contributed by atoms with Crippen LogP contribution in [0.4, 0.5) is 35.1 Å². The molecule has 0 aliphatic carbocycles. The topological polar surface area (TPSA) is 47.0 Å². The monoisotopic (exact) mass is 613 g/mol. The number of phenols is 1. The fourth-order valence-corrected chi connectivity index (χ4v) is 5.27. The van der Waals surface area contributed by atoms with Crippen molar-refractivity contribution in [2.75, 3.05) is 45.8 Å². The van der Waals surface area contributed by atoms with Crippen molar-refractivity contribution in [1.82, 2.24) is 14.7 Å². The van der Waals surface area contributed by atoms with Crippen LogP contribution in [0.25, 0.3) is 0 Å². The Morgan fingerprint density at radius 3 is 2.02 bits per heavy atom. The number of rotatable bonds is 6. The fourth-order valence-electron chi connectivity index (χ4n) is 5.15. The summed E-state index contributed by atoms with van der Waals surface area (Å²) in [5.41, 5.74) is -3.35. The third-order valence-corrected chi connectivity index (χ3v) is 7.78. The lowest BCUT2D eigenvalue weighted by Gasteiger charge is -2.42. The minimum Gasteiger partial charge on any atom is -0.506 e. The molecular weight excluding hydrogens is 586 g/mol. The van der Waals surface area contributed by atoms with Crippen LogP contribution in [-0.4, -0.2) is 83.5 Å². The first-order chi connectivity index (χ1) is 19.0. The summed E-state index contributed by atoms with van der Waals surface area (Å²) in [7, 11) is 0. The number of nitrogens with zero attached hydrogens (tertiary/aromatic N) is 3. The molecule has 2 saturated heterocycles. The van der Waals surface area contributed by atoms with Gasteiger partial charge in [-0.25, -0.2) is 8.78 Å². The summed E-state index contributed by atoms with van der Waals surface area (Å²) in [6, 6.07) is 4.55. The molecule has 2 aromatic rings. The largest absolute Gasteiger partial charge is 0.506 e. The van der Waals surface area contributed by atoms with Crippen molar-refractivity contribution < 1.29 is 45.0 Å². The third-order valence-electron chi connectivity index (χ3n) is 7.46. The zero-order valence-electron chi connectivity index (χ0n) is 21.7. The Balaban J connectivity index is 1.57. The Bertz CT molecular complexity index is 1210. The molecule has 41 heavy (non-hydrogen) atoms. The number of hydrogen-bond donors (Lipinski definition) is 1. The maximum atomic E-state index is 13.5. The van der Waals surface area contributed by atoms with E-state index in [1.54, 1.807) is 6.07 Å². The average Bonchev–Trinajstić information content (AvgIpc) is 2.88. The van der Waals surface area contributed by atoms with E-state index in [1.807, 2.05) is 9.80 Å². The van der Waals surface area contributed by atoms with Gasteiger partial charge in [-0.1, -0.05) is 17.7 Å². The van der Waals surface area contributed by atoms with Gasteiger partial charge in [-0.15, -0.1) is 0 Å². The molecule has 4 rings (SSSR count). The van der Waals surface area contributed by atoms with E-state index >= 15 is 0 Å². The van der Waals surface area contributed by atoms with Gasteiger partial charge in [0, 0.05) is 70.3 Å². The number of phenolic OH excluding ortho intramolecular Hbond substituents is 1. The second kappa shape index (κ2) is 11.9. The van der Waals surface area contributed by atoms with Crippen LogP contribution in [0.3, 0.4) is 0 Å². The first-order valence-electron chi connectivity index (χ1n) is 12.9. The molecule has 2 aliphatic rings. The number of aromatic hydroxyl groups is 1. The lowest BCUT2D eigenvalue weighted by Crippen LogP contribution is -2.57. The minimum atomic E-state index is -5.10. The van der Waals surface area contributed by atoms with Gasteiger partial charge in [0.05, 0.1) is 16.1 Å². The highest BCUT2D eigenvalue weighted by Gasteiger charge is 2.39. The van der Waals surface area contributed by atoms with Crippen LogP contribution in [0.5, 0.6) is 5.75 Å². The maximum absolute atomic E-state index is 13.5. The smallest absolute Gasteiger partial charge is 0.416 e. The Labute approximate surface area is 236 Å². The molecule has 2 fully saturated rings. The molecule has 0 saturated carbocycles. The molecule has 1 N–H and O–H groups in total. The summed E-state index contributed by atoms with van der Waals surface area (Å²) >= 11 is 5.88. The molecule has 0 aromatic heterocycles. The Morgan fingerprint density at radius 2 is 1.46 bits per heavy atom. The molecule has 0 spiro atoms. The number of piperidine rings is 1. The average molecular weight is 614 g/mol. The molecule has 0 unspecified atom stereocenters. The number of halogens is 9.